The Bertz CT molecular complexity index is 533. The van der Waals surface area contributed by atoms with Crippen LogP contribution in [-0.2, 0) is 4.79 Å². The highest BCUT2D eigenvalue weighted by atomic mass is 16.4. The third-order valence-corrected chi connectivity index (χ3v) is 4.25. The summed E-state index contributed by atoms with van der Waals surface area (Å²) in [5.74, 6) is -0.612. The zero-order valence-corrected chi connectivity index (χ0v) is 10.8. The highest BCUT2D eigenvalue weighted by molar-refractivity contribution is 5.86. The number of aromatic amines is 1. The lowest BCUT2D eigenvalue weighted by molar-refractivity contribution is -0.135. The number of rotatable bonds is 3. The lowest BCUT2D eigenvalue weighted by Gasteiger charge is -2.20. The van der Waals surface area contributed by atoms with Crippen molar-refractivity contribution in [3.8, 4) is 0 Å². The van der Waals surface area contributed by atoms with Crippen molar-refractivity contribution in [2.75, 3.05) is 13.1 Å². The van der Waals surface area contributed by atoms with Crippen molar-refractivity contribution in [1.29, 1.82) is 0 Å². The van der Waals surface area contributed by atoms with Gasteiger partial charge in [-0.3, -0.25) is 9.89 Å². The predicted molar refractivity (Wildman–Crippen MR) is 66.8 cm³/mol. The number of H-pyrrole nitrogens is 1. The molecule has 0 radical (unpaired) electrons. The molecule has 3 rings (SSSR count). The van der Waals surface area contributed by atoms with E-state index >= 15 is 0 Å². The number of carbonyl (C=O) groups is 2. The average Bonchev–Trinajstić information content (AvgIpc) is 2.89. The Labute approximate surface area is 110 Å². The van der Waals surface area contributed by atoms with Crippen LogP contribution in [0.5, 0.6) is 0 Å². The molecule has 0 aromatic carbocycles. The lowest BCUT2D eigenvalue weighted by atomic mass is 10.0. The fourth-order valence-corrected chi connectivity index (χ4v) is 2.64. The molecule has 102 valence electrons. The topological polar surface area (TPSA) is 86.3 Å². The van der Waals surface area contributed by atoms with Gasteiger partial charge in [-0.25, -0.2) is 4.79 Å². The number of likely N-dealkylation sites (tertiary alicyclic amines) is 1. The molecule has 1 aliphatic heterocycles. The van der Waals surface area contributed by atoms with Gasteiger partial charge in [-0.2, -0.15) is 5.10 Å². The Morgan fingerprint density at radius 2 is 2.26 bits per heavy atom. The van der Waals surface area contributed by atoms with E-state index < -0.39 is 5.97 Å². The first-order chi connectivity index (χ1) is 8.99. The van der Waals surface area contributed by atoms with Gasteiger partial charge in [0.1, 0.15) is 0 Å². The molecule has 1 aliphatic carbocycles. The predicted octanol–water partition coefficient (Wildman–Crippen LogP) is 1.22. The molecular weight excluding hydrogens is 246 g/mol. The molecule has 0 bridgehead atoms. The number of hydrogen-bond donors (Lipinski definition) is 2. The van der Waals surface area contributed by atoms with Gasteiger partial charge in [0.15, 0.2) is 5.69 Å². The molecule has 1 aromatic heterocycles. The first-order valence-corrected chi connectivity index (χ1v) is 6.57. The van der Waals surface area contributed by atoms with Crippen LogP contribution in [0.15, 0.2) is 6.07 Å². The van der Waals surface area contributed by atoms with Gasteiger partial charge < -0.3 is 10.0 Å². The monoisotopic (exact) mass is 263 g/mol. The molecule has 19 heavy (non-hydrogen) atoms. The number of aromatic carboxylic acids is 1. The number of aromatic nitrogens is 2. The maximum atomic E-state index is 12.2. The van der Waals surface area contributed by atoms with Crippen molar-refractivity contribution in [2.24, 2.45) is 5.41 Å². The zero-order valence-electron chi connectivity index (χ0n) is 10.8. The highest BCUT2D eigenvalue weighted by Crippen LogP contribution is 2.47. The maximum absolute atomic E-state index is 12.2. The molecule has 2 N–H and O–H groups in total. The maximum Gasteiger partial charge on any atom is 0.356 e. The highest BCUT2D eigenvalue weighted by Gasteiger charge is 2.48. The van der Waals surface area contributed by atoms with Gasteiger partial charge >= 0.3 is 5.97 Å². The lowest BCUT2D eigenvalue weighted by Crippen LogP contribution is -2.34. The van der Waals surface area contributed by atoms with Gasteiger partial charge in [0, 0.05) is 30.1 Å². The van der Waals surface area contributed by atoms with E-state index in [0.29, 0.717) is 6.54 Å². The Morgan fingerprint density at radius 3 is 2.84 bits per heavy atom. The fraction of sp³-hybridized carbons (Fsp3) is 0.615. The van der Waals surface area contributed by atoms with Crippen molar-refractivity contribution in [3.63, 3.8) is 0 Å². The van der Waals surface area contributed by atoms with Gasteiger partial charge in [-0.05, 0) is 25.3 Å². The molecule has 0 spiro atoms. The van der Waals surface area contributed by atoms with Crippen molar-refractivity contribution in [1.82, 2.24) is 15.1 Å². The standard InChI is InChI=1S/C13H17N3O3/c1-13(3-4-13)12(19)16-5-2-8(7-16)9-6-10(11(17)18)15-14-9/h6,8H,2-5,7H2,1H3,(H,14,15)(H,17,18). The summed E-state index contributed by atoms with van der Waals surface area (Å²) in [5.41, 5.74) is 0.720. The van der Waals surface area contributed by atoms with E-state index in [0.717, 1.165) is 31.5 Å². The Morgan fingerprint density at radius 1 is 1.53 bits per heavy atom. The average molecular weight is 263 g/mol. The third-order valence-electron chi connectivity index (χ3n) is 4.25. The van der Waals surface area contributed by atoms with Crippen LogP contribution in [0.3, 0.4) is 0 Å². The molecule has 1 saturated heterocycles. The van der Waals surface area contributed by atoms with E-state index in [4.69, 9.17) is 5.11 Å². The summed E-state index contributed by atoms with van der Waals surface area (Å²) in [7, 11) is 0. The molecule has 6 nitrogen and oxygen atoms in total. The van der Waals surface area contributed by atoms with Crippen LogP contribution in [0, 0.1) is 5.41 Å². The SMILES string of the molecule is CC1(C(=O)N2CCC(c3cc(C(=O)O)n[nH]3)C2)CC1. The number of carboxylic acids is 1. The van der Waals surface area contributed by atoms with Gasteiger partial charge in [-0.1, -0.05) is 6.92 Å². The molecule has 1 amide bonds. The smallest absolute Gasteiger partial charge is 0.356 e. The first-order valence-electron chi connectivity index (χ1n) is 6.57. The summed E-state index contributed by atoms with van der Waals surface area (Å²) >= 11 is 0. The van der Waals surface area contributed by atoms with E-state index in [1.807, 2.05) is 11.8 Å². The third kappa shape index (κ3) is 2.11. The molecule has 2 fully saturated rings. The summed E-state index contributed by atoms with van der Waals surface area (Å²) in [4.78, 5) is 24.9. The minimum atomic E-state index is -1.03. The van der Waals surface area contributed by atoms with E-state index in [9.17, 15) is 9.59 Å². The van der Waals surface area contributed by atoms with Gasteiger partial charge in [-0.15, -0.1) is 0 Å². The summed E-state index contributed by atoms with van der Waals surface area (Å²) < 4.78 is 0. The second kappa shape index (κ2) is 4.08. The zero-order chi connectivity index (χ0) is 13.6. The number of carbonyl (C=O) groups excluding carboxylic acids is 1. The quantitative estimate of drug-likeness (QED) is 0.858. The second-order valence-corrected chi connectivity index (χ2v) is 5.81. The Hall–Kier alpha value is -1.85. The molecule has 1 atom stereocenters. The number of nitrogens with one attached hydrogen (secondary N) is 1. The van der Waals surface area contributed by atoms with E-state index in [2.05, 4.69) is 10.2 Å². The minimum Gasteiger partial charge on any atom is -0.476 e. The first kappa shape index (κ1) is 12.2. The summed E-state index contributed by atoms with van der Waals surface area (Å²) in [5, 5.41) is 15.4. The molecule has 1 unspecified atom stereocenters. The molecular formula is C13H17N3O3. The summed E-state index contributed by atoms with van der Waals surface area (Å²) in [6.07, 6.45) is 2.84. The Balaban J connectivity index is 1.68. The van der Waals surface area contributed by atoms with Crippen LogP contribution in [0.1, 0.15) is 48.3 Å². The van der Waals surface area contributed by atoms with Crippen LogP contribution >= 0.6 is 0 Å². The van der Waals surface area contributed by atoms with Crippen molar-refractivity contribution in [3.05, 3.63) is 17.5 Å². The van der Waals surface area contributed by atoms with Crippen molar-refractivity contribution in [2.45, 2.75) is 32.1 Å². The number of hydrogen-bond acceptors (Lipinski definition) is 3. The van der Waals surface area contributed by atoms with Crippen molar-refractivity contribution < 1.29 is 14.7 Å². The number of nitrogens with zero attached hydrogens (tertiary/aromatic N) is 2. The van der Waals surface area contributed by atoms with E-state index in [-0.39, 0.29) is 22.9 Å². The van der Waals surface area contributed by atoms with E-state index in [1.165, 1.54) is 0 Å². The van der Waals surface area contributed by atoms with Gasteiger partial charge in [0.25, 0.3) is 0 Å². The molecule has 1 aromatic rings. The van der Waals surface area contributed by atoms with Crippen LogP contribution in [0.4, 0.5) is 0 Å². The largest absolute Gasteiger partial charge is 0.476 e. The van der Waals surface area contributed by atoms with Gasteiger partial charge in [0.05, 0.1) is 0 Å². The van der Waals surface area contributed by atoms with Crippen LogP contribution in [0.2, 0.25) is 0 Å². The molecule has 6 heteroatoms. The normalized spacial score (nSPS) is 24.5. The number of carboxylic acid groups (broad SMARTS) is 1. The van der Waals surface area contributed by atoms with Crippen molar-refractivity contribution >= 4 is 11.9 Å². The van der Waals surface area contributed by atoms with Gasteiger partial charge in [0.2, 0.25) is 5.91 Å². The number of amides is 1. The fourth-order valence-electron chi connectivity index (χ4n) is 2.64. The van der Waals surface area contributed by atoms with Crippen LogP contribution in [0.25, 0.3) is 0 Å². The summed E-state index contributed by atoms with van der Waals surface area (Å²) in [6.45, 7) is 3.43. The van der Waals surface area contributed by atoms with E-state index in [1.54, 1.807) is 6.07 Å². The van der Waals surface area contributed by atoms with Crippen LogP contribution < -0.4 is 0 Å². The molecule has 2 aliphatic rings. The van der Waals surface area contributed by atoms with Crippen LogP contribution in [-0.4, -0.2) is 45.2 Å². The minimum absolute atomic E-state index is 0.0360. The second-order valence-electron chi connectivity index (χ2n) is 5.81. The summed E-state index contributed by atoms with van der Waals surface area (Å²) in [6, 6.07) is 1.57. The molecule has 1 saturated carbocycles. The Kier molecular flexibility index (Phi) is 2.62. The molecule has 2 heterocycles.